The molecule has 3 rings (SSSR count). The third kappa shape index (κ3) is 3.77. The van der Waals surface area contributed by atoms with E-state index in [2.05, 4.69) is 25.9 Å². The van der Waals surface area contributed by atoms with Crippen molar-refractivity contribution in [1.29, 1.82) is 0 Å². The van der Waals surface area contributed by atoms with Gasteiger partial charge in [0.15, 0.2) is 6.61 Å². The average molecular weight is 354 g/mol. The van der Waals surface area contributed by atoms with Crippen LogP contribution in [-0.2, 0) is 4.79 Å². The van der Waals surface area contributed by atoms with Gasteiger partial charge in [-0.3, -0.25) is 20.4 Å². The lowest BCUT2D eigenvalue weighted by Crippen LogP contribution is -2.44. The van der Waals surface area contributed by atoms with Gasteiger partial charge in [-0.1, -0.05) is 12.1 Å². The number of rotatable bonds is 4. The topological polar surface area (TPSA) is 111 Å². The van der Waals surface area contributed by atoms with Crippen molar-refractivity contribution in [2.45, 2.75) is 20.8 Å². The van der Waals surface area contributed by atoms with Crippen molar-refractivity contribution < 1.29 is 14.3 Å². The number of carbonyl (C=O) groups excluding carboxylic acids is 2. The Morgan fingerprint density at radius 2 is 1.96 bits per heavy atom. The minimum absolute atomic E-state index is 0.0949. The Morgan fingerprint density at radius 1 is 1.15 bits per heavy atom. The second-order valence-corrected chi connectivity index (χ2v) is 5.79. The third-order valence-corrected chi connectivity index (χ3v) is 3.65. The standard InChI is InChI=1S/C17H18N6O3/c1-10-4-5-11(2)13(8-10)26-9-14(24)20-21-16(25)15-19-17-18-7-6-12(3)23(17)22-15/h4-8H,9H2,1-3H3,(H,20,24)(H,21,25). The molecule has 0 saturated carbocycles. The lowest BCUT2D eigenvalue weighted by atomic mass is 10.1. The Labute approximate surface area is 149 Å². The van der Waals surface area contributed by atoms with Gasteiger partial charge in [-0.25, -0.2) is 9.50 Å². The molecule has 0 unspecified atom stereocenters. The van der Waals surface area contributed by atoms with Crippen LogP contribution in [0, 0.1) is 20.8 Å². The number of hydrogen-bond acceptors (Lipinski definition) is 6. The highest BCUT2D eigenvalue weighted by Gasteiger charge is 2.15. The monoisotopic (exact) mass is 354 g/mol. The number of ether oxygens (including phenoxy) is 1. The Balaban J connectivity index is 1.55. The number of carbonyl (C=O) groups is 2. The van der Waals surface area contributed by atoms with Crippen LogP contribution < -0.4 is 15.6 Å². The predicted molar refractivity (Wildman–Crippen MR) is 92.5 cm³/mol. The van der Waals surface area contributed by atoms with Crippen molar-refractivity contribution in [3.05, 3.63) is 53.1 Å². The van der Waals surface area contributed by atoms with Crippen molar-refractivity contribution in [1.82, 2.24) is 30.4 Å². The zero-order valence-electron chi connectivity index (χ0n) is 14.6. The van der Waals surface area contributed by atoms with E-state index in [-0.39, 0.29) is 12.4 Å². The number of fused-ring (bicyclic) bond motifs is 1. The van der Waals surface area contributed by atoms with Crippen LogP contribution in [0.3, 0.4) is 0 Å². The van der Waals surface area contributed by atoms with Gasteiger partial charge in [0.05, 0.1) is 0 Å². The van der Waals surface area contributed by atoms with Gasteiger partial charge in [0.25, 0.3) is 11.7 Å². The molecule has 9 heteroatoms. The second-order valence-electron chi connectivity index (χ2n) is 5.79. The number of benzene rings is 1. The summed E-state index contributed by atoms with van der Waals surface area (Å²) in [5, 5.41) is 4.05. The highest BCUT2D eigenvalue weighted by atomic mass is 16.5. The summed E-state index contributed by atoms with van der Waals surface area (Å²) in [4.78, 5) is 32.0. The van der Waals surface area contributed by atoms with Gasteiger partial charge in [-0.15, -0.1) is 5.10 Å². The normalized spacial score (nSPS) is 10.6. The van der Waals surface area contributed by atoms with E-state index >= 15 is 0 Å². The fourth-order valence-electron chi connectivity index (χ4n) is 2.23. The maximum absolute atomic E-state index is 12.1. The van der Waals surface area contributed by atoms with Crippen LogP contribution in [0.25, 0.3) is 5.78 Å². The maximum Gasteiger partial charge on any atom is 0.309 e. The highest BCUT2D eigenvalue weighted by Crippen LogP contribution is 2.18. The number of aromatic nitrogens is 4. The summed E-state index contributed by atoms with van der Waals surface area (Å²) in [5.41, 5.74) is 7.26. The molecule has 2 amide bonds. The van der Waals surface area contributed by atoms with E-state index in [0.717, 1.165) is 16.8 Å². The van der Waals surface area contributed by atoms with Crippen molar-refractivity contribution >= 4 is 17.6 Å². The molecule has 2 N–H and O–H groups in total. The Morgan fingerprint density at radius 3 is 2.73 bits per heavy atom. The van der Waals surface area contributed by atoms with Crippen LogP contribution in [-0.4, -0.2) is 38.0 Å². The van der Waals surface area contributed by atoms with Crippen LogP contribution >= 0.6 is 0 Å². The molecule has 1 aromatic carbocycles. The van der Waals surface area contributed by atoms with E-state index in [4.69, 9.17) is 4.74 Å². The minimum atomic E-state index is -0.644. The summed E-state index contributed by atoms with van der Waals surface area (Å²) >= 11 is 0. The first-order valence-electron chi connectivity index (χ1n) is 7.91. The largest absolute Gasteiger partial charge is 0.483 e. The Hall–Kier alpha value is -3.49. The first-order valence-corrected chi connectivity index (χ1v) is 7.91. The van der Waals surface area contributed by atoms with Gasteiger partial charge < -0.3 is 4.74 Å². The molecular formula is C17H18N6O3. The van der Waals surface area contributed by atoms with Crippen LogP contribution in [0.5, 0.6) is 5.75 Å². The number of amides is 2. The van der Waals surface area contributed by atoms with E-state index in [1.54, 1.807) is 12.3 Å². The fourth-order valence-corrected chi connectivity index (χ4v) is 2.23. The van der Waals surface area contributed by atoms with Gasteiger partial charge in [0.1, 0.15) is 5.75 Å². The Kier molecular flexibility index (Phi) is 4.78. The van der Waals surface area contributed by atoms with Crippen LogP contribution in [0.2, 0.25) is 0 Å². The first-order chi connectivity index (χ1) is 12.4. The molecule has 0 aliphatic carbocycles. The number of hydrogen-bond donors (Lipinski definition) is 2. The fraction of sp³-hybridized carbons (Fsp3) is 0.235. The zero-order chi connectivity index (χ0) is 18.7. The second kappa shape index (κ2) is 7.18. The molecule has 9 nitrogen and oxygen atoms in total. The Bertz CT molecular complexity index is 982. The quantitative estimate of drug-likeness (QED) is 0.673. The average Bonchev–Trinajstić information content (AvgIpc) is 3.06. The van der Waals surface area contributed by atoms with Gasteiger partial charge in [-0.2, -0.15) is 4.98 Å². The number of nitrogens with one attached hydrogen (secondary N) is 2. The maximum atomic E-state index is 12.1. The summed E-state index contributed by atoms with van der Waals surface area (Å²) in [6.45, 7) is 5.41. The third-order valence-electron chi connectivity index (χ3n) is 3.65. The number of hydrazine groups is 1. The number of aryl methyl sites for hydroxylation is 3. The van der Waals surface area contributed by atoms with Crippen LogP contribution in [0.15, 0.2) is 30.5 Å². The first kappa shape index (κ1) is 17.3. The van der Waals surface area contributed by atoms with E-state index in [0.29, 0.717) is 11.5 Å². The molecule has 3 aromatic rings. The molecule has 0 spiro atoms. The summed E-state index contributed by atoms with van der Waals surface area (Å²) < 4.78 is 6.92. The summed E-state index contributed by atoms with van der Waals surface area (Å²) in [6, 6.07) is 7.46. The van der Waals surface area contributed by atoms with E-state index in [1.807, 2.05) is 39.0 Å². The molecule has 0 atom stereocenters. The van der Waals surface area contributed by atoms with Crippen molar-refractivity contribution in [3.63, 3.8) is 0 Å². The molecule has 0 aliphatic rings. The van der Waals surface area contributed by atoms with Crippen LogP contribution in [0.4, 0.5) is 0 Å². The summed E-state index contributed by atoms with van der Waals surface area (Å²) in [6.07, 6.45) is 1.58. The van der Waals surface area contributed by atoms with Crippen molar-refractivity contribution in [3.8, 4) is 5.75 Å². The van der Waals surface area contributed by atoms with Crippen molar-refractivity contribution in [2.75, 3.05) is 6.61 Å². The zero-order valence-corrected chi connectivity index (χ0v) is 14.6. The molecule has 0 radical (unpaired) electrons. The van der Waals surface area contributed by atoms with E-state index in [1.165, 1.54) is 4.52 Å². The molecular weight excluding hydrogens is 336 g/mol. The number of nitrogens with zero attached hydrogens (tertiary/aromatic N) is 4. The molecule has 26 heavy (non-hydrogen) atoms. The summed E-state index contributed by atoms with van der Waals surface area (Å²) in [5.74, 6) is -0.315. The molecule has 0 bridgehead atoms. The predicted octanol–water partition coefficient (Wildman–Crippen LogP) is 0.890. The molecule has 0 fully saturated rings. The van der Waals surface area contributed by atoms with Gasteiger partial charge in [-0.05, 0) is 44.0 Å². The van der Waals surface area contributed by atoms with E-state index < -0.39 is 11.8 Å². The molecule has 134 valence electrons. The lowest BCUT2D eigenvalue weighted by Gasteiger charge is -2.10. The molecule has 0 aliphatic heterocycles. The minimum Gasteiger partial charge on any atom is -0.483 e. The van der Waals surface area contributed by atoms with E-state index in [9.17, 15) is 9.59 Å². The smallest absolute Gasteiger partial charge is 0.309 e. The molecule has 2 heterocycles. The van der Waals surface area contributed by atoms with Gasteiger partial charge in [0.2, 0.25) is 5.82 Å². The van der Waals surface area contributed by atoms with Crippen LogP contribution in [0.1, 0.15) is 27.4 Å². The lowest BCUT2D eigenvalue weighted by molar-refractivity contribution is -0.123. The van der Waals surface area contributed by atoms with Gasteiger partial charge >= 0.3 is 5.91 Å². The SMILES string of the molecule is Cc1ccc(C)c(OCC(=O)NNC(=O)c2nc3nccc(C)n3n2)c1. The molecule has 2 aromatic heterocycles. The highest BCUT2D eigenvalue weighted by molar-refractivity contribution is 5.92. The van der Waals surface area contributed by atoms with Crippen molar-refractivity contribution in [2.24, 2.45) is 0 Å². The molecule has 0 saturated heterocycles. The van der Waals surface area contributed by atoms with Gasteiger partial charge in [0, 0.05) is 11.9 Å². The summed E-state index contributed by atoms with van der Waals surface area (Å²) in [7, 11) is 0.